The lowest BCUT2D eigenvalue weighted by atomic mass is 10.1. The number of carboxylic acid groups (broad SMARTS) is 1. The average molecular weight is 241 g/mol. The summed E-state index contributed by atoms with van der Waals surface area (Å²) < 4.78 is 5.75. The molecule has 1 heterocycles. The monoisotopic (exact) mass is 241 g/mol. The maximum Gasteiger partial charge on any atom is 0.323 e. The number of para-hydroxylation sites is 4. The highest BCUT2D eigenvalue weighted by molar-refractivity contribution is 5.84. The first-order valence-electron chi connectivity index (χ1n) is 5.61. The Morgan fingerprint density at radius 1 is 1.00 bits per heavy atom. The second-order valence-electron chi connectivity index (χ2n) is 4.02. The number of ether oxygens (including phenoxy) is 1. The van der Waals surface area contributed by atoms with E-state index in [2.05, 4.69) is 0 Å². The number of fused-ring (bicyclic) bond motifs is 2. The topological polar surface area (TPSA) is 49.8 Å². The van der Waals surface area contributed by atoms with E-state index in [1.165, 1.54) is 0 Å². The lowest BCUT2D eigenvalue weighted by Gasteiger charge is -2.31. The maximum absolute atomic E-state index is 11.0. The van der Waals surface area contributed by atoms with E-state index in [9.17, 15) is 4.79 Å². The zero-order valence-corrected chi connectivity index (χ0v) is 9.54. The third-order valence-electron chi connectivity index (χ3n) is 2.83. The van der Waals surface area contributed by atoms with Crippen molar-refractivity contribution < 1.29 is 14.6 Å². The fourth-order valence-corrected chi connectivity index (χ4v) is 2.09. The molecule has 0 unspecified atom stereocenters. The van der Waals surface area contributed by atoms with E-state index in [1.807, 2.05) is 48.5 Å². The molecule has 90 valence electrons. The molecule has 3 rings (SSSR count). The van der Waals surface area contributed by atoms with Gasteiger partial charge in [0.1, 0.15) is 6.54 Å². The molecule has 1 aliphatic heterocycles. The molecule has 2 aromatic rings. The highest BCUT2D eigenvalue weighted by Gasteiger charge is 2.24. The van der Waals surface area contributed by atoms with Crippen molar-refractivity contribution in [1.29, 1.82) is 0 Å². The van der Waals surface area contributed by atoms with E-state index in [4.69, 9.17) is 9.84 Å². The molecular formula is C14H11NO3. The van der Waals surface area contributed by atoms with Crippen LogP contribution in [0.25, 0.3) is 0 Å². The van der Waals surface area contributed by atoms with Crippen molar-refractivity contribution in [3.05, 3.63) is 48.5 Å². The fourth-order valence-electron chi connectivity index (χ4n) is 2.09. The number of hydrogen-bond donors (Lipinski definition) is 1. The van der Waals surface area contributed by atoms with Crippen LogP contribution >= 0.6 is 0 Å². The fraction of sp³-hybridized carbons (Fsp3) is 0.0714. The van der Waals surface area contributed by atoms with Gasteiger partial charge in [0.25, 0.3) is 0 Å². The van der Waals surface area contributed by atoms with E-state index in [1.54, 1.807) is 4.90 Å². The van der Waals surface area contributed by atoms with Crippen LogP contribution in [0.3, 0.4) is 0 Å². The van der Waals surface area contributed by atoms with Gasteiger partial charge in [-0.2, -0.15) is 0 Å². The summed E-state index contributed by atoms with van der Waals surface area (Å²) in [5.41, 5.74) is 1.55. The molecule has 0 fully saturated rings. The quantitative estimate of drug-likeness (QED) is 0.878. The molecule has 0 bridgehead atoms. The Labute approximate surface area is 104 Å². The van der Waals surface area contributed by atoms with Crippen molar-refractivity contribution >= 4 is 17.3 Å². The standard InChI is InChI=1S/C14H11NO3/c16-14(17)9-15-10-5-1-3-7-12(10)18-13-8-4-2-6-11(13)15/h1-8H,9H2,(H,16,17). The highest BCUT2D eigenvalue weighted by atomic mass is 16.5. The van der Waals surface area contributed by atoms with Crippen LogP contribution in [-0.2, 0) is 4.79 Å². The molecule has 18 heavy (non-hydrogen) atoms. The molecule has 4 heteroatoms. The van der Waals surface area contributed by atoms with Crippen molar-refractivity contribution in [2.45, 2.75) is 0 Å². The molecule has 0 atom stereocenters. The van der Waals surface area contributed by atoms with Crippen molar-refractivity contribution in [2.75, 3.05) is 11.4 Å². The number of benzene rings is 2. The molecule has 0 aromatic heterocycles. The molecule has 1 N–H and O–H groups in total. The molecule has 0 radical (unpaired) electrons. The maximum atomic E-state index is 11.0. The van der Waals surface area contributed by atoms with Gasteiger partial charge in [0, 0.05) is 0 Å². The van der Waals surface area contributed by atoms with E-state index >= 15 is 0 Å². The van der Waals surface area contributed by atoms with Crippen LogP contribution in [0.1, 0.15) is 0 Å². The van der Waals surface area contributed by atoms with Gasteiger partial charge in [-0.25, -0.2) is 0 Å². The molecule has 4 nitrogen and oxygen atoms in total. The van der Waals surface area contributed by atoms with E-state index < -0.39 is 5.97 Å². The van der Waals surface area contributed by atoms with Crippen LogP contribution in [-0.4, -0.2) is 17.6 Å². The van der Waals surface area contributed by atoms with E-state index in [-0.39, 0.29) is 6.54 Å². The Balaban J connectivity index is 2.14. The predicted octanol–water partition coefficient (Wildman–Crippen LogP) is 3.02. The zero-order chi connectivity index (χ0) is 12.5. The summed E-state index contributed by atoms with van der Waals surface area (Å²) in [7, 11) is 0. The Hall–Kier alpha value is -2.49. The molecule has 2 aromatic carbocycles. The van der Waals surface area contributed by atoms with Gasteiger partial charge in [0.05, 0.1) is 11.4 Å². The minimum Gasteiger partial charge on any atom is -0.480 e. The number of rotatable bonds is 2. The second-order valence-corrected chi connectivity index (χ2v) is 4.02. The molecule has 0 spiro atoms. The third-order valence-corrected chi connectivity index (χ3v) is 2.83. The van der Waals surface area contributed by atoms with Crippen molar-refractivity contribution in [1.82, 2.24) is 0 Å². The number of nitrogens with zero attached hydrogens (tertiary/aromatic N) is 1. The summed E-state index contributed by atoms with van der Waals surface area (Å²) >= 11 is 0. The summed E-state index contributed by atoms with van der Waals surface area (Å²) in [6.07, 6.45) is 0. The smallest absolute Gasteiger partial charge is 0.323 e. The second kappa shape index (κ2) is 4.07. The summed E-state index contributed by atoms with van der Waals surface area (Å²) in [6, 6.07) is 14.8. The first kappa shape index (κ1) is 10.7. The minimum atomic E-state index is -0.874. The first-order chi connectivity index (χ1) is 8.75. The molecule has 0 amide bonds. The lowest BCUT2D eigenvalue weighted by molar-refractivity contribution is -0.135. The van der Waals surface area contributed by atoms with Crippen LogP contribution in [0.15, 0.2) is 48.5 Å². The van der Waals surface area contributed by atoms with Gasteiger partial charge < -0.3 is 14.7 Å². The van der Waals surface area contributed by atoms with Crippen LogP contribution < -0.4 is 9.64 Å². The van der Waals surface area contributed by atoms with Gasteiger partial charge >= 0.3 is 5.97 Å². The largest absolute Gasteiger partial charge is 0.480 e. The SMILES string of the molecule is O=C(O)CN1c2ccccc2Oc2ccccc21. The van der Waals surface area contributed by atoms with Crippen LogP contribution in [0.2, 0.25) is 0 Å². The Morgan fingerprint density at radius 3 is 2.00 bits per heavy atom. The Bertz CT molecular complexity index is 564. The zero-order valence-electron chi connectivity index (χ0n) is 9.54. The van der Waals surface area contributed by atoms with Gasteiger partial charge in [0.15, 0.2) is 11.5 Å². The van der Waals surface area contributed by atoms with Crippen molar-refractivity contribution in [3.63, 3.8) is 0 Å². The third kappa shape index (κ3) is 1.68. The van der Waals surface area contributed by atoms with Crippen LogP contribution in [0, 0.1) is 0 Å². The van der Waals surface area contributed by atoms with Crippen molar-refractivity contribution in [3.8, 4) is 11.5 Å². The molecular weight excluding hydrogens is 230 g/mol. The van der Waals surface area contributed by atoms with Crippen LogP contribution in [0.5, 0.6) is 11.5 Å². The summed E-state index contributed by atoms with van der Waals surface area (Å²) in [5, 5.41) is 9.03. The Morgan fingerprint density at radius 2 is 1.50 bits per heavy atom. The number of aliphatic carboxylic acids is 1. The Kier molecular flexibility index (Phi) is 2.41. The number of carbonyl (C=O) groups is 1. The predicted molar refractivity (Wildman–Crippen MR) is 67.6 cm³/mol. The normalized spacial score (nSPS) is 12.3. The molecule has 0 saturated carbocycles. The first-order valence-corrected chi connectivity index (χ1v) is 5.61. The van der Waals surface area contributed by atoms with Gasteiger partial charge in [-0.1, -0.05) is 24.3 Å². The van der Waals surface area contributed by atoms with Gasteiger partial charge in [-0.15, -0.1) is 0 Å². The molecule has 0 aliphatic carbocycles. The number of carboxylic acids is 1. The highest BCUT2D eigenvalue weighted by Crippen LogP contribution is 2.45. The van der Waals surface area contributed by atoms with Gasteiger partial charge in [0.2, 0.25) is 0 Å². The summed E-state index contributed by atoms with van der Waals surface area (Å²) in [5.74, 6) is 0.483. The lowest BCUT2D eigenvalue weighted by Crippen LogP contribution is -2.27. The number of anilines is 2. The molecule has 0 saturated heterocycles. The van der Waals surface area contributed by atoms with Gasteiger partial charge in [-0.3, -0.25) is 4.79 Å². The average Bonchev–Trinajstić information content (AvgIpc) is 2.38. The summed E-state index contributed by atoms with van der Waals surface area (Å²) in [6.45, 7) is -0.0859. The van der Waals surface area contributed by atoms with Gasteiger partial charge in [-0.05, 0) is 24.3 Å². The minimum absolute atomic E-state index is 0.0859. The molecule has 1 aliphatic rings. The number of hydrogen-bond acceptors (Lipinski definition) is 3. The van der Waals surface area contributed by atoms with Crippen LogP contribution in [0.4, 0.5) is 11.4 Å². The summed E-state index contributed by atoms with van der Waals surface area (Å²) in [4.78, 5) is 12.8. The van der Waals surface area contributed by atoms with Crippen molar-refractivity contribution in [2.24, 2.45) is 0 Å². The van der Waals surface area contributed by atoms with E-state index in [0.717, 1.165) is 11.4 Å². The van der Waals surface area contributed by atoms with E-state index in [0.29, 0.717) is 11.5 Å².